The van der Waals surface area contributed by atoms with Crippen LogP contribution in [-0.4, -0.2) is 15.0 Å². The van der Waals surface area contributed by atoms with E-state index in [9.17, 15) is 13.0 Å². The lowest BCUT2D eigenvalue weighted by atomic mass is 10.1. The molecule has 14 heavy (non-hydrogen) atoms. The van der Waals surface area contributed by atoms with Gasteiger partial charge in [-0.15, -0.1) is 0 Å². The van der Waals surface area contributed by atoms with Crippen molar-refractivity contribution in [3.63, 3.8) is 0 Å². The molecule has 5 heteroatoms. The van der Waals surface area contributed by atoms with Crippen LogP contribution in [0.4, 0.5) is 0 Å². The van der Waals surface area contributed by atoms with Crippen LogP contribution in [0.5, 0.6) is 0 Å². The molecule has 0 amide bonds. The van der Waals surface area contributed by atoms with E-state index < -0.39 is 10.4 Å². The second-order valence-corrected chi connectivity index (χ2v) is 3.87. The maximum atomic E-state index is 10.1. The van der Waals surface area contributed by atoms with Crippen LogP contribution >= 0.6 is 0 Å². The van der Waals surface area contributed by atoms with Crippen LogP contribution in [0.2, 0.25) is 0 Å². The molecular weight excluding hydrogens is 204 g/mol. The van der Waals surface area contributed by atoms with Crippen LogP contribution in [0.25, 0.3) is 0 Å². The lowest BCUT2D eigenvalue weighted by molar-refractivity contribution is 0.241. The van der Waals surface area contributed by atoms with Crippen molar-refractivity contribution < 1.29 is 17.2 Å². The van der Waals surface area contributed by atoms with E-state index >= 15 is 0 Å². The van der Waals surface area contributed by atoms with Gasteiger partial charge in [0.25, 0.3) is 0 Å². The Kier molecular flexibility index (Phi) is 4.06. The molecule has 0 spiro atoms. The van der Waals surface area contributed by atoms with Gasteiger partial charge in [-0.2, -0.15) is 8.42 Å². The molecule has 0 aliphatic carbocycles. The summed E-state index contributed by atoms with van der Waals surface area (Å²) in [5.74, 6) is 0. The largest absolute Gasteiger partial charge is 0.427 e. The molecule has 0 unspecified atom stereocenters. The molecule has 0 aliphatic rings. The second-order valence-electron chi connectivity index (χ2n) is 2.82. The van der Waals surface area contributed by atoms with Crippen molar-refractivity contribution >= 4 is 10.4 Å². The first-order chi connectivity index (χ1) is 6.58. The van der Waals surface area contributed by atoms with E-state index in [0.717, 1.165) is 5.56 Å². The lowest BCUT2D eigenvalue weighted by Gasteiger charge is -1.99. The predicted molar refractivity (Wildman–Crippen MR) is 50.3 cm³/mol. The van der Waals surface area contributed by atoms with Gasteiger partial charge in [0, 0.05) is 0 Å². The SMILES string of the molecule is [O]S(=O)(=O)OCCCc1ccccc1. The molecule has 0 bridgehead atoms. The van der Waals surface area contributed by atoms with Crippen molar-refractivity contribution in [2.24, 2.45) is 0 Å². The van der Waals surface area contributed by atoms with Gasteiger partial charge >= 0.3 is 10.4 Å². The molecule has 77 valence electrons. The van der Waals surface area contributed by atoms with Crippen LogP contribution in [0.3, 0.4) is 0 Å². The van der Waals surface area contributed by atoms with Crippen molar-refractivity contribution in [1.29, 1.82) is 0 Å². The molecule has 0 aromatic heterocycles. The summed E-state index contributed by atoms with van der Waals surface area (Å²) in [7, 11) is -4.53. The Morgan fingerprint density at radius 2 is 1.79 bits per heavy atom. The minimum absolute atomic E-state index is 0.0548. The quantitative estimate of drug-likeness (QED) is 0.696. The predicted octanol–water partition coefficient (Wildman–Crippen LogP) is 1.31. The summed E-state index contributed by atoms with van der Waals surface area (Å²) >= 11 is 0. The Balaban J connectivity index is 2.23. The molecule has 0 atom stereocenters. The highest BCUT2D eigenvalue weighted by Gasteiger charge is 2.05. The number of aryl methyl sites for hydroxylation is 1. The second kappa shape index (κ2) is 5.09. The Morgan fingerprint density at radius 3 is 2.36 bits per heavy atom. The summed E-state index contributed by atoms with van der Waals surface area (Å²) in [5, 5.41) is 0. The molecular formula is C9H11O4S. The fourth-order valence-corrected chi connectivity index (χ4v) is 1.40. The highest BCUT2D eigenvalue weighted by molar-refractivity contribution is 7.80. The molecule has 1 rings (SSSR count). The zero-order valence-electron chi connectivity index (χ0n) is 7.55. The molecule has 1 aromatic carbocycles. The number of benzene rings is 1. The summed E-state index contributed by atoms with van der Waals surface area (Å²) in [6.45, 7) is -0.0548. The van der Waals surface area contributed by atoms with E-state index in [4.69, 9.17) is 0 Å². The van der Waals surface area contributed by atoms with Crippen LogP contribution in [0.1, 0.15) is 12.0 Å². The van der Waals surface area contributed by atoms with Crippen LogP contribution in [-0.2, 0) is 25.6 Å². The van der Waals surface area contributed by atoms with Gasteiger partial charge in [-0.05, 0) is 18.4 Å². The number of rotatable bonds is 5. The van der Waals surface area contributed by atoms with Gasteiger partial charge in [-0.25, -0.2) is 4.18 Å². The summed E-state index contributed by atoms with van der Waals surface area (Å²) < 4.78 is 34.3. The van der Waals surface area contributed by atoms with Gasteiger partial charge in [0.05, 0.1) is 6.61 Å². The first kappa shape index (κ1) is 11.2. The molecule has 0 aliphatic heterocycles. The van der Waals surface area contributed by atoms with Crippen molar-refractivity contribution in [2.75, 3.05) is 6.61 Å². The van der Waals surface area contributed by atoms with Crippen molar-refractivity contribution in [3.8, 4) is 0 Å². The Hall–Kier alpha value is -0.910. The summed E-state index contributed by atoms with van der Waals surface area (Å²) in [4.78, 5) is 0. The topological polar surface area (TPSA) is 63.3 Å². The van der Waals surface area contributed by atoms with Gasteiger partial charge in [-0.1, -0.05) is 34.9 Å². The lowest BCUT2D eigenvalue weighted by Crippen LogP contribution is -2.04. The van der Waals surface area contributed by atoms with Crippen molar-refractivity contribution in [2.45, 2.75) is 12.8 Å². The van der Waals surface area contributed by atoms with Gasteiger partial charge in [0.15, 0.2) is 0 Å². The Labute approximate surface area is 83.5 Å². The zero-order chi connectivity index (χ0) is 10.4. The molecule has 0 saturated carbocycles. The first-order valence-electron chi connectivity index (χ1n) is 4.22. The normalized spacial score (nSPS) is 11.5. The van der Waals surface area contributed by atoms with E-state index in [1.54, 1.807) is 0 Å². The smallest absolute Gasteiger partial charge is 0.246 e. The summed E-state index contributed by atoms with van der Waals surface area (Å²) in [6, 6.07) is 9.58. The average molecular weight is 215 g/mol. The molecule has 0 fully saturated rings. The van der Waals surface area contributed by atoms with Crippen molar-refractivity contribution in [1.82, 2.24) is 0 Å². The van der Waals surface area contributed by atoms with Gasteiger partial charge in [0.2, 0.25) is 0 Å². The number of hydrogen-bond acceptors (Lipinski definition) is 3. The zero-order valence-corrected chi connectivity index (χ0v) is 8.37. The van der Waals surface area contributed by atoms with Gasteiger partial charge < -0.3 is 0 Å². The van der Waals surface area contributed by atoms with E-state index in [0.29, 0.717) is 12.8 Å². The van der Waals surface area contributed by atoms with Gasteiger partial charge in [0.1, 0.15) is 0 Å². The minimum Gasteiger partial charge on any atom is -0.246 e. The highest BCUT2D eigenvalue weighted by Crippen LogP contribution is 2.02. The maximum absolute atomic E-state index is 10.1. The van der Waals surface area contributed by atoms with E-state index in [2.05, 4.69) is 4.18 Å². The Morgan fingerprint density at radius 1 is 1.14 bits per heavy atom. The number of hydrogen-bond donors (Lipinski definition) is 0. The molecule has 1 radical (unpaired) electrons. The van der Waals surface area contributed by atoms with Crippen molar-refractivity contribution in [3.05, 3.63) is 35.9 Å². The molecule has 4 nitrogen and oxygen atoms in total. The van der Waals surface area contributed by atoms with E-state index in [1.807, 2.05) is 30.3 Å². The minimum atomic E-state index is -4.53. The van der Waals surface area contributed by atoms with Gasteiger partial charge in [-0.3, -0.25) is 0 Å². The molecule has 0 saturated heterocycles. The summed E-state index contributed by atoms with van der Waals surface area (Å²) in [5.41, 5.74) is 1.10. The fourth-order valence-electron chi connectivity index (χ4n) is 1.08. The monoisotopic (exact) mass is 215 g/mol. The third-order valence-corrected chi connectivity index (χ3v) is 2.14. The molecule has 0 N–H and O–H groups in total. The first-order valence-corrected chi connectivity index (χ1v) is 5.55. The summed E-state index contributed by atoms with van der Waals surface area (Å²) in [6.07, 6.45) is 1.22. The van der Waals surface area contributed by atoms with E-state index in [-0.39, 0.29) is 6.61 Å². The molecule has 1 aromatic rings. The third-order valence-electron chi connectivity index (χ3n) is 1.68. The van der Waals surface area contributed by atoms with Crippen LogP contribution in [0.15, 0.2) is 30.3 Å². The van der Waals surface area contributed by atoms with Crippen LogP contribution < -0.4 is 0 Å². The highest BCUT2D eigenvalue weighted by atomic mass is 32.3. The maximum Gasteiger partial charge on any atom is 0.427 e. The molecule has 0 heterocycles. The fraction of sp³-hybridized carbons (Fsp3) is 0.333. The van der Waals surface area contributed by atoms with E-state index in [1.165, 1.54) is 0 Å². The Bertz CT molecular complexity index is 358. The average Bonchev–Trinajstić information content (AvgIpc) is 2.13. The van der Waals surface area contributed by atoms with Crippen LogP contribution in [0, 0.1) is 0 Å². The third kappa shape index (κ3) is 4.96. The standard InChI is InChI=1S/C9H11O4S/c10-14(11,12)13-8-4-7-9-5-2-1-3-6-9/h1-3,5-6H,4,7-8H2.